The van der Waals surface area contributed by atoms with Gasteiger partial charge in [0.15, 0.2) is 5.76 Å². The van der Waals surface area contributed by atoms with Crippen LogP contribution in [0.15, 0.2) is 10.5 Å². The molecule has 0 saturated carbocycles. The molecule has 20 heavy (non-hydrogen) atoms. The predicted molar refractivity (Wildman–Crippen MR) is 72.3 cm³/mol. The third-order valence-electron chi connectivity index (χ3n) is 3.92. The fraction of sp³-hybridized carbons (Fsp3) is 0.538. The van der Waals surface area contributed by atoms with Crippen LogP contribution in [0.1, 0.15) is 35.2 Å². The number of nitrogens with two attached hydrogens (primary N) is 2. The Morgan fingerprint density at radius 2 is 2.25 bits per heavy atom. The Balaban J connectivity index is 2.07. The molecule has 1 aromatic rings. The zero-order valence-electron chi connectivity index (χ0n) is 11.7. The average Bonchev–Trinajstić information content (AvgIpc) is 2.95. The number of primary amides is 1. The van der Waals surface area contributed by atoms with Gasteiger partial charge in [0.05, 0.1) is 5.41 Å². The minimum atomic E-state index is -0.477. The summed E-state index contributed by atoms with van der Waals surface area (Å²) < 4.78 is 5.37. The number of amides is 2. The van der Waals surface area contributed by atoms with Gasteiger partial charge in [-0.15, -0.1) is 0 Å². The summed E-state index contributed by atoms with van der Waals surface area (Å²) >= 11 is 0. The minimum absolute atomic E-state index is 0.192. The summed E-state index contributed by atoms with van der Waals surface area (Å²) in [7, 11) is 0. The maximum Gasteiger partial charge on any atom is 0.300 e. The van der Waals surface area contributed by atoms with Crippen LogP contribution < -0.4 is 17.0 Å². The van der Waals surface area contributed by atoms with E-state index in [2.05, 4.69) is 4.90 Å². The molecule has 1 saturated heterocycles. The van der Waals surface area contributed by atoms with E-state index in [9.17, 15) is 9.59 Å². The van der Waals surface area contributed by atoms with Gasteiger partial charge in [0, 0.05) is 18.7 Å². The fourth-order valence-electron chi connectivity index (χ4n) is 2.49. The topological polar surface area (TPSA) is 115 Å². The maximum atomic E-state index is 11.4. The largest absolute Gasteiger partial charge is 0.456 e. The van der Waals surface area contributed by atoms with Crippen molar-refractivity contribution >= 4 is 11.8 Å². The van der Waals surface area contributed by atoms with Crippen molar-refractivity contribution in [1.29, 1.82) is 0 Å². The summed E-state index contributed by atoms with van der Waals surface area (Å²) in [6.07, 6.45) is 0.745. The number of rotatable bonds is 4. The van der Waals surface area contributed by atoms with E-state index in [1.807, 2.05) is 12.3 Å². The number of likely N-dealkylation sites (tertiary alicyclic amines) is 1. The number of hydrogen-bond acceptors (Lipinski definition) is 5. The summed E-state index contributed by atoms with van der Waals surface area (Å²) in [5.74, 6) is 5.22. The molecule has 1 aliphatic rings. The van der Waals surface area contributed by atoms with Crippen molar-refractivity contribution in [2.75, 3.05) is 13.1 Å². The van der Waals surface area contributed by atoms with Gasteiger partial charge in [-0.3, -0.25) is 19.9 Å². The third kappa shape index (κ3) is 2.68. The van der Waals surface area contributed by atoms with E-state index < -0.39 is 11.3 Å². The van der Waals surface area contributed by atoms with Crippen LogP contribution in [0.5, 0.6) is 0 Å². The van der Waals surface area contributed by atoms with Crippen LogP contribution >= 0.6 is 0 Å². The third-order valence-corrected chi connectivity index (χ3v) is 3.92. The molecule has 0 radical (unpaired) electrons. The first kappa shape index (κ1) is 14.5. The molecule has 1 aromatic heterocycles. The van der Waals surface area contributed by atoms with Gasteiger partial charge < -0.3 is 10.2 Å². The first-order valence-corrected chi connectivity index (χ1v) is 6.48. The molecular formula is C13H20N4O3. The molecule has 7 nitrogen and oxygen atoms in total. The van der Waals surface area contributed by atoms with E-state index in [1.165, 1.54) is 0 Å². The highest BCUT2D eigenvalue weighted by atomic mass is 16.4. The molecule has 2 amide bonds. The van der Waals surface area contributed by atoms with Gasteiger partial charge in [0.1, 0.15) is 5.76 Å². The summed E-state index contributed by atoms with van der Waals surface area (Å²) in [4.78, 5) is 25.0. The number of hydrogen-bond donors (Lipinski definition) is 3. The number of carbonyl (C=O) groups is 2. The van der Waals surface area contributed by atoms with E-state index in [0.29, 0.717) is 18.8 Å². The van der Waals surface area contributed by atoms with Crippen LogP contribution in [0.25, 0.3) is 0 Å². The Bertz CT molecular complexity index is 540. The Morgan fingerprint density at radius 3 is 2.80 bits per heavy atom. The van der Waals surface area contributed by atoms with Crippen molar-refractivity contribution in [3.63, 3.8) is 0 Å². The van der Waals surface area contributed by atoms with Crippen LogP contribution in [-0.2, 0) is 11.3 Å². The summed E-state index contributed by atoms with van der Waals surface area (Å²) in [6, 6.07) is 1.68. The minimum Gasteiger partial charge on any atom is -0.456 e. The van der Waals surface area contributed by atoms with Gasteiger partial charge in [-0.2, -0.15) is 0 Å². The molecule has 0 aliphatic carbocycles. The molecule has 1 atom stereocenters. The van der Waals surface area contributed by atoms with Crippen LogP contribution in [-0.4, -0.2) is 29.8 Å². The van der Waals surface area contributed by atoms with Crippen molar-refractivity contribution in [3.8, 4) is 0 Å². The van der Waals surface area contributed by atoms with E-state index in [1.54, 1.807) is 13.0 Å². The standard InChI is InChI=1S/C13H20N4O3/c1-8-9(5-10(20-8)11(18)16-15)6-17-4-3-13(2,7-17)12(14)19/h5H,3-4,6-7,15H2,1-2H3,(H2,14,19)(H,16,18). The lowest BCUT2D eigenvalue weighted by Gasteiger charge is -2.20. The Labute approximate surface area is 117 Å². The second-order valence-electron chi connectivity index (χ2n) is 5.55. The van der Waals surface area contributed by atoms with E-state index >= 15 is 0 Å². The zero-order chi connectivity index (χ0) is 14.9. The number of hydrazine groups is 1. The number of nitrogens with one attached hydrogen (secondary N) is 1. The van der Waals surface area contributed by atoms with E-state index in [-0.39, 0.29) is 11.7 Å². The SMILES string of the molecule is Cc1oc(C(=O)NN)cc1CN1CCC(C)(C(N)=O)C1. The molecule has 0 aromatic carbocycles. The van der Waals surface area contributed by atoms with Gasteiger partial charge in [0.25, 0.3) is 0 Å². The first-order valence-electron chi connectivity index (χ1n) is 6.48. The quantitative estimate of drug-likeness (QED) is 0.404. The Hall–Kier alpha value is -1.86. The van der Waals surface area contributed by atoms with Gasteiger partial charge >= 0.3 is 5.91 Å². The second kappa shape index (κ2) is 5.26. The molecule has 2 heterocycles. The monoisotopic (exact) mass is 280 g/mol. The van der Waals surface area contributed by atoms with Crippen molar-refractivity contribution in [3.05, 3.63) is 23.2 Å². The lowest BCUT2D eigenvalue weighted by atomic mass is 9.89. The molecule has 2 rings (SSSR count). The van der Waals surface area contributed by atoms with Crippen LogP contribution in [0.3, 0.4) is 0 Å². The summed E-state index contributed by atoms with van der Waals surface area (Å²) in [5.41, 5.74) is 7.90. The van der Waals surface area contributed by atoms with Crippen molar-refractivity contribution in [1.82, 2.24) is 10.3 Å². The molecule has 1 unspecified atom stereocenters. The highest BCUT2D eigenvalue weighted by Crippen LogP contribution is 2.31. The molecule has 5 N–H and O–H groups in total. The molecule has 1 aliphatic heterocycles. The van der Waals surface area contributed by atoms with Gasteiger partial charge in [-0.25, -0.2) is 5.84 Å². The lowest BCUT2D eigenvalue weighted by molar-refractivity contribution is -0.126. The summed E-state index contributed by atoms with van der Waals surface area (Å²) in [5, 5.41) is 0. The first-order chi connectivity index (χ1) is 9.35. The number of furan rings is 1. The molecule has 0 spiro atoms. The molecule has 0 bridgehead atoms. The number of carbonyl (C=O) groups excluding carboxylic acids is 2. The Morgan fingerprint density at radius 1 is 1.55 bits per heavy atom. The van der Waals surface area contributed by atoms with Crippen molar-refractivity contribution in [2.24, 2.45) is 17.0 Å². The highest BCUT2D eigenvalue weighted by molar-refractivity contribution is 5.91. The molecule has 1 fully saturated rings. The molecular weight excluding hydrogens is 260 g/mol. The van der Waals surface area contributed by atoms with Gasteiger partial charge in [-0.05, 0) is 32.9 Å². The van der Waals surface area contributed by atoms with Gasteiger partial charge in [-0.1, -0.05) is 0 Å². The Kier molecular flexibility index (Phi) is 3.82. The highest BCUT2D eigenvalue weighted by Gasteiger charge is 2.38. The number of nitrogen functional groups attached to an aromatic ring is 1. The maximum absolute atomic E-state index is 11.4. The molecule has 110 valence electrons. The van der Waals surface area contributed by atoms with Crippen LogP contribution in [0.4, 0.5) is 0 Å². The van der Waals surface area contributed by atoms with Crippen molar-refractivity contribution in [2.45, 2.75) is 26.8 Å². The lowest BCUT2D eigenvalue weighted by Crippen LogP contribution is -2.36. The second-order valence-corrected chi connectivity index (χ2v) is 5.55. The smallest absolute Gasteiger partial charge is 0.300 e. The van der Waals surface area contributed by atoms with Gasteiger partial charge in [0.2, 0.25) is 5.91 Å². The zero-order valence-corrected chi connectivity index (χ0v) is 11.7. The average molecular weight is 280 g/mol. The fourth-order valence-corrected chi connectivity index (χ4v) is 2.49. The normalized spacial score (nSPS) is 22.9. The molecule has 7 heteroatoms. The number of nitrogens with zero attached hydrogens (tertiary/aromatic N) is 1. The van der Waals surface area contributed by atoms with E-state index in [4.69, 9.17) is 16.0 Å². The summed E-state index contributed by atoms with van der Waals surface area (Å²) in [6.45, 7) is 5.71. The van der Waals surface area contributed by atoms with Crippen molar-refractivity contribution < 1.29 is 14.0 Å². The van der Waals surface area contributed by atoms with Crippen LogP contribution in [0, 0.1) is 12.3 Å². The van der Waals surface area contributed by atoms with Crippen LogP contribution in [0.2, 0.25) is 0 Å². The number of aryl methyl sites for hydroxylation is 1. The predicted octanol–water partition coefficient (Wildman–Crippen LogP) is -0.111. The van der Waals surface area contributed by atoms with E-state index in [0.717, 1.165) is 18.5 Å².